The Hall–Kier alpha value is -1.20. The molecule has 1 aliphatic rings. The highest BCUT2D eigenvalue weighted by molar-refractivity contribution is 5.40. The minimum atomic E-state index is 0.237. The molecule has 1 fully saturated rings. The normalized spacial score (nSPS) is 20.4. The first-order valence-electron chi connectivity index (χ1n) is 6.53. The summed E-state index contributed by atoms with van der Waals surface area (Å²) in [7, 11) is 1.95. The van der Waals surface area contributed by atoms with E-state index in [2.05, 4.69) is 40.1 Å². The van der Waals surface area contributed by atoms with Gasteiger partial charge in [-0.1, -0.05) is 13.8 Å². The molecule has 1 aromatic rings. The third-order valence-electron chi connectivity index (χ3n) is 3.16. The molecule has 1 unspecified atom stereocenters. The van der Waals surface area contributed by atoms with E-state index >= 15 is 0 Å². The minimum absolute atomic E-state index is 0.237. The van der Waals surface area contributed by atoms with E-state index in [9.17, 15) is 0 Å². The Morgan fingerprint density at radius 2 is 2.33 bits per heavy atom. The molecule has 1 aliphatic heterocycles. The molecule has 0 aromatic carbocycles. The second-order valence-corrected chi connectivity index (χ2v) is 4.95. The molecular weight excluding hydrogens is 228 g/mol. The van der Waals surface area contributed by atoms with Gasteiger partial charge in [0.25, 0.3) is 0 Å². The van der Waals surface area contributed by atoms with Gasteiger partial charge in [0, 0.05) is 31.4 Å². The number of ether oxygens (including phenoxy) is 1. The topological polar surface area (TPSA) is 50.3 Å². The molecule has 2 heterocycles. The lowest BCUT2D eigenvalue weighted by Crippen LogP contribution is -2.46. The quantitative estimate of drug-likeness (QED) is 0.865. The van der Waals surface area contributed by atoms with E-state index in [0.717, 1.165) is 37.8 Å². The van der Waals surface area contributed by atoms with Crippen LogP contribution in [0.25, 0.3) is 0 Å². The van der Waals surface area contributed by atoms with Gasteiger partial charge in [0.1, 0.15) is 12.1 Å². The van der Waals surface area contributed by atoms with Crippen molar-refractivity contribution in [2.45, 2.75) is 25.9 Å². The van der Waals surface area contributed by atoms with Crippen LogP contribution in [0.2, 0.25) is 0 Å². The van der Waals surface area contributed by atoms with Crippen LogP contribution in [-0.2, 0) is 4.74 Å². The van der Waals surface area contributed by atoms with Crippen molar-refractivity contribution < 1.29 is 4.74 Å². The van der Waals surface area contributed by atoms with Crippen molar-refractivity contribution in [2.75, 3.05) is 38.2 Å². The summed E-state index contributed by atoms with van der Waals surface area (Å²) in [5, 5.41) is 3.15. The van der Waals surface area contributed by atoms with Crippen LogP contribution < -0.4 is 10.2 Å². The highest BCUT2D eigenvalue weighted by Gasteiger charge is 2.21. The van der Waals surface area contributed by atoms with Crippen LogP contribution in [0.1, 0.15) is 25.5 Å². The third kappa shape index (κ3) is 3.17. The Kier molecular flexibility index (Phi) is 4.49. The van der Waals surface area contributed by atoms with Crippen molar-refractivity contribution in [2.24, 2.45) is 0 Å². The first-order valence-corrected chi connectivity index (χ1v) is 6.53. The Bertz CT molecular complexity index is 381. The maximum Gasteiger partial charge on any atom is 0.132 e. The Labute approximate surface area is 109 Å². The van der Waals surface area contributed by atoms with Crippen molar-refractivity contribution in [1.82, 2.24) is 15.3 Å². The summed E-state index contributed by atoms with van der Waals surface area (Å²) in [5.41, 5.74) is 1.09. The molecule has 5 heteroatoms. The summed E-state index contributed by atoms with van der Waals surface area (Å²) in [6.45, 7) is 7.71. The fourth-order valence-electron chi connectivity index (χ4n) is 2.13. The zero-order chi connectivity index (χ0) is 13.0. The monoisotopic (exact) mass is 250 g/mol. The predicted molar refractivity (Wildman–Crippen MR) is 72.0 cm³/mol. The van der Waals surface area contributed by atoms with Crippen molar-refractivity contribution in [1.29, 1.82) is 0 Å². The fraction of sp³-hybridized carbons (Fsp3) is 0.692. The lowest BCUT2D eigenvalue weighted by Gasteiger charge is -2.33. The molecule has 1 saturated heterocycles. The molecule has 1 atom stereocenters. The number of aromatic nitrogens is 2. The lowest BCUT2D eigenvalue weighted by molar-refractivity contribution is 0.0419. The number of hydrogen-bond acceptors (Lipinski definition) is 5. The molecule has 0 saturated carbocycles. The van der Waals surface area contributed by atoms with Crippen LogP contribution in [0.3, 0.4) is 0 Å². The Balaban J connectivity index is 2.08. The van der Waals surface area contributed by atoms with Gasteiger partial charge in [-0.15, -0.1) is 0 Å². The van der Waals surface area contributed by atoms with E-state index in [1.165, 1.54) is 0 Å². The summed E-state index contributed by atoms with van der Waals surface area (Å²) < 4.78 is 5.70. The van der Waals surface area contributed by atoms with Crippen molar-refractivity contribution >= 4 is 5.82 Å². The molecule has 1 aromatic heterocycles. The van der Waals surface area contributed by atoms with Crippen LogP contribution in [-0.4, -0.2) is 49.4 Å². The van der Waals surface area contributed by atoms with Gasteiger partial charge in [0.2, 0.25) is 0 Å². The van der Waals surface area contributed by atoms with Gasteiger partial charge >= 0.3 is 0 Å². The first-order chi connectivity index (χ1) is 8.70. The van der Waals surface area contributed by atoms with Gasteiger partial charge in [-0.25, -0.2) is 9.97 Å². The number of likely N-dealkylation sites (N-methyl/N-ethyl adjacent to an activating group) is 1. The smallest absolute Gasteiger partial charge is 0.132 e. The Morgan fingerprint density at radius 3 is 3.06 bits per heavy atom. The molecule has 5 nitrogen and oxygen atoms in total. The maximum absolute atomic E-state index is 5.70. The lowest BCUT2D eigenvalue weighted by atomic mass is 10.1. The summed E-state index contributed by atoms with van der Waals surface area (Å²) in [5.74, 6) is 1.44. The van der Waals surface area contributed by atoms with Crippen LogP contribution in [0.4, 0.5) is 5.82 Å². The molecule has 0 radical (unpaired) electrons. The van der Waals surface area contributed by atoms with Crippen LogP contribution in [0.5, 0.6) is 0 Å². The van der Waals surface area contributed by atoms with Gasteiger partial charge in [-0.2, -0.15) is 0 Å². The summed E-state index contributed by atoms with van der Waals surface area (Å²) in [4.78, 5) is 11.0. The number of morpholine rings is 1. The summed E-state index contributed by atoms with van der Waals surface area (Å²) in [6.07, 6.45) is 1.90. The van der Waals surface area contributed by atoms with Crippen LogP contribution in [0, 0.1) is 0 Å². The van der Waals surface area contributed by atoms with E-state index < -0.39 is 0 Å². The van der Waals surface area contributed by atoms with Gasteiger partial charge in [-0.3, -0.25) is 0 Å². The second kappa shape index (κ2) is 6.11. The summed E-state index contributed by atoms with van der Waals surface area (Å²) >= 11 is 0. The van der Waals surface area contributed by atoms with Crippen LogP contribution in [0.15, 0.2) is 12.4 Å². The number of rotatable bonds is 4. The SMILES string of the molecule is CNCC1CN(c2cc(C(C)C)ncn2)CCO1. The van der Waals surface area contributed by atoms with E-state index in [-0.39, 0.29) is 6.10 Å². The van der Waals surface area contributed by atoms with E-state index in [0.29, 0.717) is 5.92 Å². The molecule has 0 aliphatic carbocycles. The number of nitrogens with zero attached hydrogens (tertiary/aromatic N) is 3. The standard InChI is InChI=1S/C13H22N4O/c1-10(2)12-6-13(16-9-15-12)17-4-5-18-11(8-17)7-14-3/h6,9-11,14H,4-5,7-8H2,1-3H3. The fourth-order valence-corrected chi connectivity index (χ4v) is 2.13. The van der Waals surface area contributed by atoms with E-state index in [1.807, 2.05) is 7.05 Å². The molecule has 0 spiro atoms. The van der Waals surface area contributed by atoms with Gasteiger partial charge in [0.15, 0.2) is 0 Å². The highest BCUT2D eigenvalue weighted by atomic mass is 16.5. The zero-order valence-electron chi connectivity index (χ0n) is 11.4. The van der Waals surface area contributed by atoms with Crippen molar-refractivity contribution in [3.8, 4) is 0 Å². The number of anilines is 1. The van der Waals surface area contributed by atoms with Crippen LogP contribution >= 0.6 is 0 Å². The molecule has 18 heavy (non-hydrogen) atoms. The highest BCUT2D eigenvalue weighted by Crippen LogP contribution is 2.19. The number of nitrogens with one attached hydrogen (secondary N) is 1. The molecule has 0 bridgehead atoms. The largest absolute Gasteiger partial charge is 0.373 e. The number of hydrogen-bond donors (Lipinski definition) is 1. The average molecular weight is 250 g/mol. The second-order valence-electron chi connectivity index (χ2n) is 4.95. The Morgan fingerprint density at radius 1 is 1.50 bits per heavy atom. The minimum Gasteiger partial charge on any atom is -0.373 e. The molecular formula is C13H22N4O. The van der Waals surface area contributed by atoms with Gasteiger partial charge in [0.05, 0.1) is 12.7 Å². The third-order valence-corrected chi connectivity index (χ3v) is 3.16. The predicted octanol–water partition coefficient (Wildman–Crippen LogP) is 1.02. The average Bonchev–Trinajstić information content (AvgIpc) is 2.39. The first kappa shape index (κ1) is 13.2. The maximum atomic E-state index is 5.70. The van der Waals surface area contributed by atoms with Crippen molar-refractivity contribution in [3.63, 3.8) is 0 Å². The zero-order valence-corrected chi connectivity index (χ0v) is 11.4. The van der Waals surface area contributed by atoms with Gasteiger partial charge in [-0.05, 0) is 13.0 Å². The van der Waals surface area contributed by atoms with Crippen molar-refractivity contribution in [3.05, 3.63) is 18.1 Å². The van der Waals surface area contributed by atoms with E-state index in [1.54, 1.807) is 6.33 Å². The molecule has 2 rings (SSSR count). The molecule has 0 amide bonds. The molecule has 100 valence electrons. The van der Waals surface area contributed by atoms with E-state index in [4.69, 9.17) is 4.74 Å². The van der Waals surface area contributed by atoms with Gasteiger partial charge < -0.3 is 15.0 Å². The molecule has 1 N–H and O–H groups in total. The summed E-state index contributed by atoms with van der Waals surface area (Å²) in [6, 6.07) is 2.09.